The maximum absolute atomic E-state index is 8.87. The molecule has 0 N–H and O–H groups in total. The van der Waals surface area contributed by atoms with Gasteiger partial charge in [-0.2, -0.15) is 5.26 Å². The molecule has 2 heteroatoms. The Bertz CT molecular complexity index is 331. The summed E-state index contributed by atoms with van der Waals surface area (Å²) in [4.78, 5) is 4.11. The van der Waals surface area contributed by atoms with E-state index >= 15 is 0 Å². The normalized spacial score (nSPS) is 11.4. The average molecular weight is 172 g/mol. The van der Waals surface area contributed by atoms with E-state index in [-0.39, 0.29) is 0 Å². The van der Waals surface area contributed by atoms with Gasteiger partial charge in [0.05, 0.1) is 11.3 Å². The molecule has 0 spiro atoms. The second kappa shape index (κ2) is 4.42. The molecule has 2 nitrogen and oxygen atoms in total. The zero-order valence-electron chi connectivity index (χ0n) is 7.86. The van der Waals surface area contributed by atoms with Gasteiger partial charge in [0, 0.05) is 6.20 Å². The maximum atomic E-state index is 8.87. The van der Waals surface area contributed by atoms with Crippen LogP contribution in [0.5, 0.6) is 0 Å². The van der Waals surface area contributed by atoms with Crippen LogP contribution in [0.15, 0.2) is 30.5 Å². The van der Waals surface area contributed by atoms with Crippen molar-refractivity contribution >= 4 is 5.57 Å². The summed E-state index contributed by atoms with van der Waals surface area (Å²) < 4.78 is 0. The Balaban J connectivity index is 3.00. The lowest BCUT2D eigenvalue weighted by Gasteiger charge is -1.99. The smallest absolute Gasteiger partial charge is 0.101 e. The SMILES string of the molecule is CC(C)/C=C(/C#N)c1ccccn1. The van der Waals surface area contributed by atoms with Crippen molar-refractivity contribution in [2.45, 2.75) is 13.8 Å². The highest BCUT2D eigenvalue weighted by atomic mass is 14.7. The van der Waals surface area contributed by atoms with Gasteiger partial charge in [-0.3, -0.25) is 4.98 Å². The van der Waals surface area contributed by atoms with Crippen LogP contribution in [0.3, 0.4) is 0 Å². The molecule has 1 rings (SSSR count). The summed E-state index contributed by atoms with van der Waals surface area (Å²) in [5, 5.41) is 8.87. The van der Waals surface area contributed by atoms with E-state index in [0.29, 0.717) is 11.5 Å². The van der Waals surface area contributed by atoms with Gasteiger partial charge in [0.1, 0.15) is 6.07 Å². The molecule has 1 heterocycles. The molecule has 0 fully saturated rings. The van der Waals surface area contributed by atoms with Crippen molar-refractivity contribution in [2.75, 3.05) is 0 Å². The van der Waals surface area contributed by atoms with Crippen LogP contribution in [-0.4, -0.2) is 4.98 Å². The van der Waals surface area contributed by atoms with Crippen molar-refractivity contribution in [3.05, 3.63) is 36.2 Å². The second-order valence-corrected chi connectivity index (χ2v) is 3.15. The number of rotatable bonds is 2. The molecule has 0 amide bonds. The van der Waals surface area contributed by atoms with Gasteiger partial charge in [0.15, 0.2) is 0 Å². The summed E-state index contributed by atoms with van der Waals surface area (Å²) >= 11 is 0. The third-order valence-corrected chi connectivity index (χ3v) is 1.56. The van der Waals surface area contributed by atoms with Crippen LogP contribution in [-0.2, 0) is 0 Å². The van der Waals surface area contributed by atoms with Gasteiger partial charge < -0.3 is 0 Å². The minimum atomic E-state index is 0.372. The molecule has 66 valence electrons. The number of hydrogen-bond acceptors (Lipinski definition) is 2. The molecule has 0 saturated heterocycles. The fourth-order valence-corrected chi connectivity index (χ4v) is 1.04. The Hall–Kier alpha value is -1.62. The van der Waals surface area contributed by atoms with E-state index in [4.69, 9.17) is 5.26 Å². The highest BCUT2D eigenvalue weighted by Gasteiger charge is 2.01. The Kier molecular flexibility index (Phi) is 3.22. The fraction of sp³-hybridized carbons (Fsp3) is 0.273. The van der Waals surface area contributed by atoms with E-state index in [2.05, 4.69) is 11.1 Å². The van der Waals surface area contributed by atoms with Crippen molar-refractivity contribution < 1.29 is 0 Å². The monoisotopic (exact) mass is 172 g/mol. The molecule has 0 aliphatic heterocycles. The molecular weight excluding hydrogens is 160 g/mol. The standard InChI is InChI=1S/C11H12N2/c1-9(2)7-10(8-12)11-5-3-4-6-13-11/h3-7,9H,1-2H3/b10-7-. The van der Waals surface area contributed by atoms with Crippen LogP contribution < -0.4 is 0 Å². The van der Waals surface area contributed by atoms with Crippen molar-refractivity contribution in [3.63, 3.8) is 0 Å². The molecule has 0 aliphatic rings. The first-order valence-corrected chi connectivity index (χ1v) is 4.27. The van der Waals surface area contributed by atoms with Crippen molar-refractivity contribution in [1.29, 1.82) is 5.26 Å². The van der Waals surface area contributed by atoms with Gasteiger partial charge in [-0.05, 0) is 18.1 Å². The number of allylic oxidation sites excluding steroid dienone is 2. The minimum absolute atomic E-state index is 0.372. The predicted molar refractivity (Wildman–Crippen MR) is 52.7 cm³/mol. The van der Waals surface area contributed by atoms with E-state index < -0.39 is 0 Å². The number of aromatic nitrogens is 1. The van der Waals surface area contributed by atoms with E-state index in [1.165, 1.54) is 0 Å². The largest absolute Gasteiger partial charge is 0.256 e. The van der Waals surface area contributed by atoms with Gasteiger partial charge >= 0.3 is 0 Å². The topological polar surface area (TPSA) is 36.7 Å². The van der Waals surface area contributed by atoms with Gasteiger partial charge in [-0.1, -0.05) is 26.0 Å². The lowest BCUT2D eigenvalue weighted by Crippen LogP contribution is -1.88. The van der Waals surface area contributed by atoms with Crippen LogP contribution in [0.1, 0.15) is 19.5 Å². The Morgan fingerprint density at radius 3 is 2.77 bits per heavy atom. The van der Waals surface area contributed by atoms with Gasteiger partial charge in [-0.25, -0.2) is 0 Å². The van der Waals surface area contributed by atoms with E-state index in [1.807, 2.05) is 38.1 Å². The Morgan fingerprint density at radius 1 is 1.54 bits per heavy atom. The van der Waals surface area contributed by atoms with Gasteiger partial charge in [-0.15, -0.1) is 0 Å². The minimum Gasteiger partial charge on any atom is -0.256 e. The van der Waals surface area contributed by atoms with Crippen molar-refractivity contribution in [2.24, 2.45) is 5.92 Å². The highest BCUT2D eigenvalue weighted by molar-refractivity contribution is 5.74. The van der Waals surface area contributed by atoms with E-state index in [0.717, 1.165) is 5.69 Å². The molecule has 0 unspecified atom stereocenters. The summed E-state index contributed by atoms with van der Waals surface area (Å²) in [6.45, 7) is 4.08. The van der Waals surface area contributed by atoms with Gasteiger partial charge in [0.2, 0.25) is 0 Å². The Labute approximate surface area is 78.5 Å². The molecule has 0 aliphatic carbocycles. The summed E-state index contributed by atoms with van der Waals surface area (Å²) in [6.07, 6.45) is 3.61. The zero-order valence-corrected chi connectivity index (χ0v) is 7.86. The zero-order chi connectivity index (χ0) is 9.68. The first kappa shape index (κ1) is 9.47. The summed E-state index contributed by atoms with van der Waals surface area (Å²) in [7, 11) is 0. The maximum Gasteiger partial charge on any atom is 0.101 e. The predicted octanol–water partition coefficient (Wildman–Crippen LogP) is 2.64. The third kappa shape index (κ3) is 2.72. The molecular formula is C11H12N2. The summed E-state index contributed by atoms with van der Waals surface area (Å²) in [5.74, 6) is 0.372. The van der Waals surface area contributed by atoms with E-state index in [9.17, 15) is 0 Å². The Morgan fingerprint density at radius 2 is 2.31 bits per heavy atom. The number of hydrogen-bond donors (Lipinski definition) is 0. The van der Waals surface area contributed by atoms with Crippen LogP contribution in [0.4, 0.5) is 0 Å². The van der Waals surface area contributed by atoms with E-state index in [1.54, 1.807) is 6.20 Å². The number of nitriles is 1. The summed E-state index contributed by atoms with van der Waals surface area (Å²) in [5.41, 5.74) is 1.40. The van der Waals surface area contributed by atoms with Gasteiger partial charge in [0.25, 0.3) is 0 Å². The second-order valence-electron chi connectivity index (χ2n) is 3.15. The molecule has 0 aromatic carbocycles. The van der Waals surface area contributed by atoms with Crippen LogP contribution in [0.25, 0.3) is 5.57 Å². The lowest BCUT2D eigenvalue weighted by atomic mass is 10.1. The first-order chi connectivity index (χ1) is 6.24. The lowest BCUT2D eigenvalue weighted by molar-refractivity contribution is 0.834. The number of nitrogens with zero attached hydrogens (tertiary/aromatic N) is 2. The quantitative estimate of drug-likeness (QED) is 0.643. The third-order valence-electron chi connectivity index (χ3n) is 1.56. The van der Waals surface area contributed by atoms with Crippen molar-refractivity contribution in [3.8, 4) is 6.07 Å². The fourth-order valence-electron chi connectivity index (χ4n) is 1.04. The van der Waals surface area contributed by atoms with Crippen LogP contribution >= 0.6 is 0 Å². The molecule has 13 heavy (non-hydrogen) atoms. The van der Waals surface area contributed by atoms with Crippen LogP contribution in [0.2, 0.25) is 0 Å². The summed E-state index contributed by atoms with van der Waals surface area (Å²) in [6, 6.07) is 7.72. The highest BCUT2D eigenvalue weighted by Crippen LogP contribution is 2.12. The molecule has 0 bridgehead atoms. The van der Waals surface area contributed by atoms with Crippen molar-refractivity contribution in [1.82, 2.24) is 4.98 Å². The molecule has 0 saturated carbocycles. The first-order valence-electron chi connectivity index (χ1n) is 4.27. The average Bonchev–Trinajstić information content (AvgIpc) is 2.15. The number of pyridine rings is 1. The van der Waals surface area contributed by atoms with Crippen LogP contribution in [0, 0.1) is 17.2 Å². The molecule has 0 atom stereocenters. The molecule has 0 radical (unpaired) electrons. The molecule has 1 aromatic heterocycles. The molecule has 1 aromatic rings.